The first-order chi connectivity index (χ1) is 8.33. The molecule has 0 aromatic carbocycles. The summed E-state index contributed by atoms with van der Waals surface area (Å²) in [6.45, 7) is 3.92. The van der Waals surface area contributed by atoms with Crippen molar-refractivity contribution < 1.29 is 0 Å². The third-order valence-corrected chi connectivity index (χ3v) is 3.10. The highest BCUT2D eigenvalue weighted by molar-refractivity contribution is 5.85. The fourth-order valence-electron chi connectivity index (χ4n) is 2.37. The van der Waals surface area contributed by atoms with Gasteiger partial charge in [0.2, 0.25) is 6.19 Å². The van der Waals surface area contributed by atoms with Crippen molar-refractivity contribution in [1.29, 1.82) is 5.26 Å². The number of imidazole rings is 1. The van der Waals surface area contributed by atoms with Crippen molar-refractivity contribution in [1.82, 2.24) is 14.9 Å². The van der Waals surface area contributed by atoms with Gasteiger partial charge in [-0.3, -0.25) is 0 Å². The van der Waals surface area contributed by atoms with Crippen LogP contribution >= 0.6 is 0 Å². The number of hydrogen-bond acceptors (Lipinski definition) is 3. The molecule has 1 saturated heterocycles. The molecule has 1 aromatic heterocycles. The molecule has 2 heterocycles. The Morgan fingerprint density at radius 3 is 3.24 bits per heavy atom. The zero-order chi connectivity index (χ0) is 12.1. The molecule has 1 aromatic rings. The van der Waals surface area contributed by atoms with E-state index in [9.17, 15) is 0 Å². The zero-order valence-electron chi connectivity index (χ0n) is 10.1. The summed E-state index contributed by atoms with van der Waals surface area (Å²) in [5.41, 5.74) is 0.993. The normalized spacial score (nSPS) is 22.0. The molecular weight excluding hydrogens is 214 g/mol. The van der Waals surface area contributed by atoms with Crippen LogP contribution < -0.4 is 0 Å². The molecule has 0 spiro atoms. The van der Waals surface area contributed by atoms with Gasteiger partial charge in [-0.1, -0.05) is 13.3 Å². The van der Waals surface area contributed by atoms with E-state index in [1.807, 2.05) is 12.4 Å². The van der Waals surface area contributed by atoms with E-state index in [1.54, 1.807) is 6.33 Å². The van der Waals surface area contributed by atoms with Crippen LogP contribution in [0.25, 0.3) is 0 Å². The van der Waals surface area contributed by atoms with Crippen molar-refractivity contribution in [2.75, 3.05) is 6.54 Å². The zero-order valence-corrected chi connectivity index (χ0v) is 10.1. The van der Waals surface area contributed by atoms with Gasteiger partial charge in [-0.2, -0.15) is 10.3 Å². The van der Waals surface area contributed by atoms with Gasteiger partial charge in [-0.25, -0.2) is 4.98 Å². The highest BCUT2D eigenvalue weighted by atomic mass is 15.2. The Balaban J connectivity index is 2.04. The first kappa shape index (κ1) is 11.6. The Hall–Kier alpha value is -1.83. The average Bonchev–Trinajstić information content (AvgIpc) is 2.92. The van der Waals surface area contributed by atoms with Crippen LogP contribution in [0.5, 0.6) is 0 Å². The average molecular weight is 231 g/mol. The fourth-order valence-corrected chi connectivity index (χ4v) is 2.37. The molecule has 1 fully saturated rings. The molecule has 1 aliphatic rings. The van der Waals surface area contributed by atoms with E-state index in [1.165, 1.54) is 12.8 Å². The number of aromatic amines is 1. The third kappa shape index (κ3) is 2.84. The summed E-state index contributed by atoms with van der Waals surface area (Å²) < 4.78 is 0. The number of H-pyrrole nitrogens is 1. The Morgan fingerprint density at radius 1 is 1.71 bits per heavy atom. The number of nitriles is 1. The summed E-state index contributed by atoms with van der Waals surface area (Å²) in [5, 5.41) is 8.70. The van der Waals surface area contributed by atoms with Crippen LogP contribution in [-0.2, 0) is 6.54 Å². The fraction of sp³-hybridized carbons (Fsp3) is 0.583. The van der Waals surface area contributed by atoms with E-state index in [0.29, 0.717) is 5.92 Å². The largest absolute Gasteiger partial charge is 0.353 e. The second-order valence-electron chi connectivity index (χ2n) is 4.43. The van der Waals surface area contributed by atoms with Gasteiger partial charge < -0.3 is 9.88 Å². The smallest absolute Gasteiger partial charge is 0.207 e. The Bertz CT molecular complexity index is 415. The monoisotopic (exact) mass is 231 g/mol. The Labute approximate surface area is 101 Å². The molecule has 1 N–H and O–H groups in total. The highest BCUT2D eigenvalue weighted by Gasteiger charge is 2.27. The van der Waals surface area contributed by atoms with E-state index in [2.05, 4.69) is 26.8 Å². The lowest BCUT2D eigenvalue weighted by Gasteiger charge is -2.17. The maximum absolute atomic E-state index is 8.70. The number of nitrogens with one attached hydrogen (secondary N) is 1. The van der Waals surface area contributed by atoms with Crippen molar-refractivity contribution in [2.45, 2.75) is 32.7 Å². The minimum absolute atomic E-state index is 0.631. The molecule has 2 rings (SSSR count). The van der Waals surface area contributed by atoms with Gasteiger partial charge in [0.1, 0.15) is 5.84 Å². The van der Waals surface area contributed by atoms with Gasteiger partial charge in [-0.15, -0.1) is 0 Å². The van der Waals surface area contributed by atoms with Crippen molar-refractivity contribution in [2.24, 2.45) is 10.9 Å². The predicted octanol–water partition coefficient (Wildman–Crippen LogP) is 1.91. The van der Waals surface area contributed by atoms with Gasteiger partial charge in [0.15, 0.2) is 0 Å². The SMILES string of the molecule is CCCC1CC(=NC#N)N(Cc2c[nH]cn2)C1. The van der Waals surface area contributed by atoms with Crippen LogP contribution in [0.2, 0.25) is 0 Å². The summed E-state index contributed by atoms with van der Waals surface area (Å²) in [5.74, 6) is 1.54. The summed E-state index contributed by atoms with van der Waals surface area (Å²) in [4.78, 5) is 13.2. The molecule has 0 aliphatic carbocycles. The van der Waals surface area contributed by atoms with Crippen LogP contribution in [0.4, 0.5) is 0 Å². The van der Waals surface area contributed by atoms with Crippen molar-refractivity contribution >= 4 is 5.84 Å². The number of likely N-dealkylation sites (tertiary alicyclic amines) is 1. The van der Waals surface area contributed by atoms with Gasteiger partial charge in [0, 0.05) is 19.2 Å². The van der Waals surface area contributed by atoms with Gasteiger partial charge in [-0.05, 0) is 12.3 Å². The molecule has 0 amide bonds. The minimum Gasteiger partial charge on any atom is -0.353 e. The molecule has 0 saturated carbocycles. The van der Waals surface area contributed by atoms with Crippen molar-refractivity contribution in [3.8, 4) is 6.19 Å². The Kier molecular flexibility index (Phi) is 3.76. The number of aromatic nitrogens is 2. The molecule has 90 valence electrons. The maximum Gasteiger partial charge on any atom is 0.207 e. The van der Waals surface area contributed by atoms with Crippen molar-refractivity contribution in [3.63, 3.8) is 0 Å². The topological polar surface area (TPSA) is 68.1 Å². The molecular formula is C12H17N5. The second-order valence-corrected chi connectivity index (χ2v) is 4.43. The number of aliphatic imine (C=N–C) groups is 1. The first-order valence-electron chi connectivity index (χ1n) is 6.01. The van der Waals surface area contributed by atoms with E-state index >= 15 is 0 Å². The number of nitrogens with zero attached hydrogens (tertiary/aromatic N) is 4. The molecule has 17 heavy (non-hydrogen) atoms. The maximum atomic E-state index is 8.70. The molecule has 1 aliphatic heterocycles. The second kappa shape index (κ2) is 5.48. The molecule has 5 heteroatoms. The molecule has 5 nitrogen and oxygen atoms in total. The lowest BCUT2D eigenvalue weighted by Crippen LogP contribution is -2.25. The van der Waals surface area contributed by atoms with Gasteiger partial charge in [0.25, 0.3) is 0 Å². The summed E-state index contributed by atoms with van der Waals surface area (Å²) in [6.07, 6.45) is 8.76. The summed E-state index contributed by atoms with van der Waals surface area (Å²) in [7, 11) is 0. The van der Waals surface area contributed by atoms with Gasteiger partial charge in [0.05, 0.1) is 18.6 Å². The lowest BCUT2D eigenvalue weighted by atomic mass is 10.0. The summed E-state index contributed by atoms with van der Waals surface area (Å²) in [6, 6.07) is 0. The van der Waals surface area contributed by atoms with E-state index in [-0.39, 0.29) is 0 Å². The van der Waals surface area contributed by atoms with Crippen molar-refractivity contribution in [3.05, 3.63) is 18.2 Å². The standard InChI is InChI=1S/C12H17N5/c1-2-3-10-4-12(15-8-13)17(6-10)7-11-5-14-9-16-11/h5,9-10H,2-4,6-7H2,1H3,(H,14,16). The number of amidine groups is 1. The van der Waals surface area contributed by atoms with E-state index in [4.69, 9.17) is 5.26 Å². The van der Waals surface area contributed by atoms with Crippen LogP contribution in [0.3, 0.4) is 0 Å². The highest BCUT2D eigenvalue weighted by Crippen LogP contribution is 2.24. The molecule has 1 unspecified atom stereocenters. The quantitative estimate of drug-likeness (QED) is 0.805. The van der Waals surface area contributed by atoms with Crippen LogP contribution in [0, 0.1) is 17.4 Å². The minimum atomic E-state index is 0.631. The van der Waals surface area contributed by atoms with E-state index < -0.39 is 0 Å². The number of rotatable bonds is 4. The van der Waals surface area contributed by atoms with E-state index in [0.717, 1.165) is 31.0 Å². The lowest BCUT2D eigenvalue weighted by molar-refractivity contribution is 0.377. The third-order valence-electron chi connectivity index (χ3n) is 3.10. The molecule has 1 atom stereocenters. The van der Waals surface area contributed by atoms with Crippen LogP contribution in [-0.4, -0.2) is 27.2 Å². The van der Waals surface area contributed by atoms with Crippen LogP contribution in [0.1, 0.15) is 31.9 Å². The van der Waals surface area contributed by atoms with Crippen LogP contribution in [0.15, 0.2) is 17.5 Å². The first-order valence-corrected chi connectivity index (χ1v) is 6.01. The number of hydrogen-bond donors (Lipinski definition) is 1. The van der Waals surface area contributed by atoms with Gasteiger partial charge >= 0.3 is 0 Å². The summed E-state index contributed by atoms with van der Waals surface area (Å²) >= 11 is 0. The molecule has 0 radical (unpaired) electrons. The Morgan fingerprint density at radius 2 is 2.59 bits per heavy atom. The predicted molar refractivity (Wildman–Crippen MR) is 65.1 cm³/mol. The molecule has 0 bridgehead atoms.